The van der Waals surface area contributed by atoms with E-state index in [0.29, 0.717) is 0 Å². The first-order valence-electron chi connectivity index (χ1n) is 22.8. The Hall–Kier alpha value is -8.72. The maximum atomic E-state index is 2.46. The van der Waals surface area contributed by atoms with Gasteiger partial charge in [-0.15, -0.1) is 0 Å². The van der Waals surface area contributed by atoms with Gasteiger partial charge in [0.2, 0.25) is 0 Å². The molecule has 2 nitrogen and oxygen atoms in total. The molecular weight excluding hydrogens is 797 g/mol. The van der Waals surface area contributed by atoms with Gasteiger partial charge < -0.3 is 9.13 Å². The van der Waals surface area contributed by atoms with Crippen molar-refractivity contribution in [2.24, 2.45) is 0 Å². The Labute approximate surface area is 381 Å². The van der Waals surface area contributed by atoms with Crippen LogP contribution in [0.2, 0.25) is 0 Å². The van der Waals surface area contributed by atoms with E-state index in [2.05, 4.69) is 252 Å². The molecule has 0 aliphatic carbocycles. The zero-order valence-electron chi connectivity index (χ0n) is 36.0. The topological polar surface area (TPSA) is 9.86 Å². The highest BCUT2D eigenvalue weighted by molar-refractivity contribution is 6.23. The molecule has 0 atom stereocenters. The molecule has 14 aromatic rings. The average Bonchev–Trinajstić information content (AvgIpc) is 3.90. The molecule has 0 fully saturated rings. The van der Waals surface area contributed by atoms with Crippen molar-refractivity contribution in [2.75, 3.05) is 0 Å². The second-order valence-electron chi connectivity index (χ2n) is 17.7. The molecule has 0 N–H and O–H groups in total. The summed E-state index contributed by atoms with van der Waals surface area (Å²) in [6, 6.07) is 90.0. The Morgan fingerprint density at radius 2 is 0.561 bits per heavy atom. The summed E-state index contributed by atoms with van der Waals surface area (Å²) < 4.78 is 4.90. The number of aromatic nitrogens is 2. The van der Waals surface area contributed by atoms with Gasteiger partial charge in [0.05, 0.1) is 22.1 Å². The summed E-state index contributed by atoms with van der Waals surface area (Å²) in [5.74, 6) is 0. The van der Waals surface area contributed by atoms with Gasteiger partial charge in [-0.1, -0.05) is 176 Å². The summed E-state index contributed by atoms with van der Waals surface area (Å²) >= 11 is 0. The minimum atomic E-state index is 1.14. The van der Waals surface area contributed by atoms with Gasteiger partial charge in [-0.25, -0.2) is 0 Å². The molecule has 0 aliphatic heterocycles. The largest absolute Gasteiger partial charge is 0.309 e. The smallest absolute Gasteiger partial charge is 0.0541 e. The van der Waals surface area contributed by atoms with Gasteiger partial charge in [0.25, 0.3) is 0 Å². The highest BCUT2D eigenvalue weighted by atomic mass is 15.0. The van der Waals surface area contributed by atoms with E-state index in [1.54, 1.807) is 0 Å². The Balaban J connectivity index is 1.12. The van der Waals surface area contributed by atoms with Crippen LogP contribution >= 0.6 is 0 Å². The fourth-order valence-corrected chi connectivity index (χ4v) is 11.1. The van der Waals surface area contributed by atoms with Gasteiger partial charge in [0.1, 0.15) is 0 Å². The van der Waals surface area contributed by atoms with Gasteiger partial charge in [-0.05, 0) is 143 Å². The van der Waals surface area contributed by atoms with Crippen LogP contribution in [0.4, 0.5) is 0 Å². The number of rotatable bonds is 5. The second-order valence-corrected chi connectivity index (χ2v) is 17.7. The Kier molecular flexibility index (Phi) is 8.02. The number of hydrogen-bond donors (Lipinski definition) is 0. The number of fused-ring (bicyclic) bond motifs is 10. The molecule has 306 valence electrons. The maximum absolute atomic E-state index is 2.46. The van der Waals surface area contributed by atoms with Crippen LogP contribution < -0.4 is 0 Å². The van der Waals surface area contributed by atoms with Crippen LogP contribution in [0.1, 0.15) is 0 Å². The van der Waals surface area contributed by atoms with E-state index in [0.717, 1.165) is 11.4 Å². The van der Waals surface area contributed by atoms with Crippen molar-refractivity contribution < 1.29 is 0 Å². The molecule has 0 amide bonds. The number of nitrogens with zero attached hydrogens (tertiary/aromatic N) is 2. The average molecular weight is 837 g/mol. The molecule has 0 saturated carbocycles. The van der Waals surface area contributed by atoms with E-state index in [1.807, 2.05) is 0 Å². The van der Waals surface area contributed by atoms with Crippen LogP contribution in [-0.4, -0.2) is 9.13 Å². The van der Waals surface area contributed by atoms with Crippen molar-refractivity contribution in [1.82, 2.24) is 9.13 Å². The lowest BCUT2D eigenvalue weighted by atomic mass is 9.84. The van der Waals surface area contributed by atoms with E-state index in [-0.39, 0.29) is 0 Å². The first kappa shape index (κ1) is 36.7. The third-order valence-corrected chi connectivity index (χ3v) is 14.0. The van der Waals surface area contributed by atoms with E-state index < -0.39 is 0 Å². The van der Waals surface area contributed by atoms with Crippen LogP contribution in [0.5, 0.6) is 0 Å². The molecule has 0 saturated heterocycles. The molecule has 2 heteroatoms. The Bertz CT molecular complexity index is 4190. The normalized spacial score (nSPS) is 11.9. The molecule has 14 rings (SSSR count). The van der Waals surface area contributed by atoms with Crippen LogP contribution in [0.15, 0.2) is 243 Å². The lowest BCUT2D eigenvalue weighted by Crippen LogP contribution is -1.98. The summed E-state index contributed by atoms with van der Waals surface area (Å²) in [5, 5.41) is 14.8. The SMILES string of the molecule is c1cc(-c2ccc3ccccc3c2)cc(-c2c3ccc(-n4c5ccccc5c5ccccc54)cc3c(-c3ccc4ccccc4c3)c3ccc(-n4c5ccccc5c5ccccc54)cc23)c1. The molecule has 0 radical (unpaired) electrons. The molecule has 2 aromatic heterocycles. The Morgan fingerprint density at radius 1 is 0.197 bits per heavy atom. The van der Waals surface area contributed by atoms with Crippen molar-refractivity contribution in [3.05, 3.63) is 243 Å². The van der Waals surface area contributed by atoms with Crippen molar-refractivity contribution in [3.8, 4) is 44.8 Å². The monoisotopic (exact) mass is 836 g/mol. The third-order valence-electron chi connectivity index (χ3n) is 14.0. The molecule has 66 heavy (non-hydrogen) atoms. The predicted octanol–water partition coefficient (Wildman–Crippen LogP) is 17.5. The minimum absolute atomic E-state index is 1.14. The highest BCUT2D eigenvalue weighted by Gasteiger charge is 2.22. The van der Waals surface area contributed by atoms with Gasteiger partial charge in [-0.2, -0.15) is 0 Å². The first-order valence-corrected chi connectivity index (χ1v) is 22.8. The molecule has 12 aromatic carbocycles. The van der Waals surface area contributed by atoms with Crippen molar-refractivity contribution in [1.29, 1.82) is 0 Å². The number of hydrogen-bond acceptors (Lipinski definition) is 0. The van der Waals surface area contributed by atoms with Gasteiger partial charge >= 0.3 is 0 Å². The molecular formula is C64H40N2. The predicted molar refractivity (Wildman–Crippen MR) is 281 cm³/mol. The van der Waals surface area contributed by atoms with E-state index in [4.69, 9.17) is 0 Å². The number of benzene rings is 12. The summed E-state index contributed by atoms with van der Waals surface area (Å²) in [5.41, 5.74) is 14.3. The van der Waals surface area contributed by atoms with Gasteiger partial charge in [0, 0.05) is 32.9 Å². The van der Waals surface area contributed by atoms with E-state index >= 15 is 0 Å². The van der Waals surface area contributed by atoms with E-state index in [1.165, 1.54) is 120 Å². The zero-order valence-corrected chi connectivity index (χ0v) is 36.0. The fraction of sp³-hybridized carbons (Fsp3) is 0. The highest BCUT2D eigenvalue weighted by Crippen LogP contribution is 2.47. The first-order chi connectivity index (χ1) is 32.7. The van der Waals surface area contributed by atoms with Crippen molar-refractivity contribution >= 4 is 86.7 Å². The van der Waals surface area contributed by atoms with Crippen molar-refractivity contribution in [3.63, 3.8) is 0 Å². The molecule has 2 heterocycles. The molecule has 0 bridgehead atoms. The zero-order chi connectivity index (χ0) is 43.3. The lowest BCUT2D eigenvalue weighted by molar-refractivity contribution is 1.18. The molecule has 0 spiro atoms. The number of para-hydroxylation sites is 4. The van der Waals surface area contributed by atoms with Gasteiger partial charge in [0.15, 0.2) is 0 Å². The summed E-state index contributed by atoms with van der Waals surface area (Å²) in [7, 11) is 0. The standard InChI is InChI=1S/C64H40N2/c1-3-16-43-36-46(30-28-41(43)14-1)45-18-13-19-47(38-45)63-55-34-32-50(66-61-26-11-7-22-53(61)54-23-8-12-27-62(54)66)40-58(55)64(48-31-29-42-15-2-4-17-44(42)37-48)56-35-33-49(39-57(56)63)65-59-24-9-5-20-51(59)52-21-6-10-25-60(52)65/h1-40H. The minimum Gasteiger partial charge on any atom is -0.309 e. The van der Waals surface area contributed by atoms with E-state index in [9.17, 15) is 0 Å². The third kappa shape index (κ3) is 5.55. The van der Waals surface area contributed by atoms with Crippen LogP contribution in [0.25, 0.3) is 131 Å². The summed E-state index contributed by atoms with van der Waals surface area (Å²) in [6.07, 6.45) is 0. The maximum Gasteiger partial charge on any atom is 0.0541 e. The lowest BCUT2D eigenvalue weighted by Gasteiger charge is -2.21. The van der Waals surface area contributed by atoms with Crippen LogP contribution in [0.3, 0.4) is 0 Å². The Morgan fingerprint density at radius 3 is 1.05 bits per heavy atom. The second kappa shape index (κ2) is 14.4. The van der Waals surface area contributed by atoms with Crippen LogP contribution in [-0.2, 0) is 0 Å². The van der Waals surface area contributed by atoms with Crippen LogP contribution in [0, 0.1) is 0 Å². The summed E-state index contributed by atoms with van der Waals surface area (Å²) in [4.78, 5) is 0. The quantitative estimate of drug-likeness (QED) is 0.153. The molecule has 0 unspecified atom stereocenters. The molecule has 0 aliphatic rings. The fourth-order valence-electron chi connectivity index (χ4n) is 11.1. The summed E-state index contributed by atoms with van der Waals surface area (Å²) in [6.45, 7) is 0. The van der Waals surface area contributed by atoms with Crippen molar-refractivity contribution in [2.45, 2.75) is 0 Å². The van der Waals surface area contributed by atoms with Gasteiger partial charge in [-0.3, -0.25) is 0 Å².